The molecule has 0 aliphatic rings. The summed E-state index contributed by atoms with van der Waals surface area (Å²) in [7, 11) is 2.35. The Hall–Kier alpha value is -0.0313. The first-order valence-electron chi connectivity index (χ1n) is 9.58. The molecule has 1 heterocycles. The van der Waals surface area contributed by atoms with E-state index in [0.717, 1.165) is 12.1 Å². The minimum absolute atomic E-state index is 0.822. The Balaban J connectivity index is 0.000000496. The molecule has 1 rings (SSSR count). The molecule has 0 fully saturated rings. The third kappa shape index (κ3) is 11.5. The standard InChI is InChI=1S/C7H8N2.3C4H9.CH4S.Sn/c1-2-3-7-4-5-8-6-9-7;3*1-3-4-2;1-2;/h2,4-6H,1,3H2;3*1,3-4H2,2H3;2H,1H3;/q;;;;;+1/p-1. The first-order chi connectivity index (χ1) is 11.7. The average Bonchev–Trinajstić information content (AvgIpc) is 2.63. The summed E-state index contributed by atoms with van der Waals surface area (Å²) in [5, 5.41) is 0. The van der Waals surface area contributed by atoms with E-state index in [1.54, 1.807) is 25.8 Å². The number of aromatic nitrogens is 2. The van der Waals surface area contributed by atoms with Crippen LogP contribution in [0.5, 0.6) is 0 Å². The Morgan fingerprint density at radius 2 is 1.58 bits per heavy atom. The molecular formula is C20H38N2SSn. The number of allylic oxidation sites excluding steroid dienone is 1. The van der Waals surface area contributed by atoms with Gasteiger partial charge in [-0.25, -0.2) is 9.97 Å². The van der Waals surface area contributed by atoms with Crippen LogP contribution in [-0.2, 0) is 6.42 Å². The van der Waals surface area contributed by atoms with E-state index < -0.39 is 17.0 Å². The van der Waals surface area contributed by atoms with E-state index in [0.29, 0.717) is 0 Å². The number of hydrogen-bond donors (Lipinski definition) is 0. The first-order valence-corrected chi connectivity index (χ1v) is 20.4. The van der Waals surface area contributed by atoms with Crippen LogP contribution >= 0.6 is 8.95 Å². The summed E-state index contributed by atoms with van der Waals surface area (Å²) in [5.41, 5.74) is 1.01. The SMILES string of the molecule is C=CCc1ccncn1.CCC[CH2][Sn]([CH2]CCC)([CH2]CCC)[S]C. The third-order valence-corrected chi connectivity index (χ3v) is 27.6. The zero-order valence-electron chi connectivity index (χ0n) is 16.4. The molecule has 0 saturated carbocycles. The fraction of sp³-hybridized carbons (Fsp3) is 0.700. The van der Waals surface area contributed by atoms with Crippen LogP contribution in [0.25, 0.3) is 0 Å². The van der Waals surface area contributed by atoms with Crippen molar-refractivity contribution in [2.24, 2.45) is 0 Å². The van der Waals surface area contributed by atoms with Gasteiger partial charge in [0.05, 0.1) is 0 Å². The van der Waals surface area contributed by atoms with Gasteiger partial charge in [-0.15, -0.1) is 6.58 Å². The van der Waals surface area contributed by atoms with E-state index >= 15 is 0 Å². The van der Waals surface area contributed by atoms with E-state index in [1.165, 1.54) is 38.5 Å². The van der Waals surface area contributed by atoms with Gasteiger partial charge >= 0.3 is 105 Å². The normalized spacial score (nSPS) is 10.8. The molecule has 0 unspecified atom stereocenters. The van der Waals surface area contributed by atoms with Crippen LogP contribution in [0.4, 0.5) is 0 Å². The predicted octanol–water partition coefficient (Wildman–Crippen LogP) is 6.90. The molecule has 0 aliphatic carbocycles. The van der Waals surface area contributed by atoms with E-state index in [-0.39, 0.29) is 0 Å². The molecule has 0 saturated heterocycles. The summed E-state index contributed by atoms with van der Waals surface area (Å²) >= 11 is -1.70. The molecule has 0 amide bonds. The Morgan fingerprint density at radius 1 is 1.04 bits per heavy atom. The van der Waals surface area contributed by atoms with Crippen LogP contribution in [0.2, 0.25) is 13.3 Å². The molecular weight excluding hydrogens is 419 g/mol. The fourth-order valence-electron chi connectivity index (χ4n) is 2.76. The molecule has 0 atom stereocenters. The van der Waals surface area contributed by atoms with E-state index in [9.17, 15) is 0 Å². The first kappa shape index (κ1) is 24.0. The van der Waals surface area contributed by atoms with Gasteiger partial charge < -0.3 is 0 Å². The Bertz CT molecular complexity index is 376. The average molecular weight is 457 g/mol. The van der Waals surface area contributed by atoms with E-state index in [4.69, 9.17) is 0 Å². The van der Waals surface area contributed by atoms with Gasteiger partial charge in [0.1, 0.15) is 6.33 Å². The zero-order valence-corrected chi connectivity index (χ0v) is 20.1. The van der Waals surface area contributed by atoms with Crippen molar-refractivity contribution in [2.75, 3.05) is 6.26 Å². The second-order valence-corrected chi connectivity index (χ2v) is 27.1. The minimum atomic E-state index is -1.70. The van der Waals surface area contributed by atoms with Crippen LogP contribution in [0.1, 0.15) is 65.0 Å². The predicted molar refractivity (Wildman–Crippen MR) is 114 cm³/mol. The summed E-state index contributed by atoms with van der Waals surface area (Å²) in [6, 6.07) is 1.88. The molecule has 0 aliphatic heterocycles. The molecule has 0 aromatic carbocycles. The van der Waals surface area contributed by atoms with Crippen LogP contribution in [0, 0.1) is 0 Å². The molecule has 0 bridgehead atoms. The molecule has 2 nitrogen and oxygen atoms in total. The van der Waals surface area contributed by atoms with Crippen molar-refractivity contribution >= 4 is 25.9 Å². The molecule has 1 aromatic heterocycles. The van der Waals surface area contributed by atoms with Crippen LogP contribution in [0.3, 0.4) is 0 Å². The van der Waals surface area contributed by atoms with Gasteiger partial charge in [-0.1, -0.05) is 6.08 Å². The Labute approximate surface area is 157 Å². The van der Waals surface area contributed by atoms with Crippen molar-refractivity contribution in [1.29, 1.82) is 0 Å². The molecule has 0 spiro atoms. The number of hydrogen-bond acceptors (Lipinski definition) is 3. The van der Waals surface area contributed by atoms with Gasteiger partial charge in [0.2, 0.25) is 0 Å². The summed E-state index contributed by atoms with van der Waals surface area (Å²) in [5.74, 6) is 0. The Kier molecular flexibility index (Phi) is 16.4. The van der Waals surface area contributed by atoms with Crippen molar-refractivity contribution in [3.05, 3.63) is 36.9 Å². The topological polar surface area (TPSA) is 25.8 Å². The van der Waals surface area contributed by atoms with Crippen molar-refractivity contribution in [2.45, 2.75) is 79.0 Å². The van der Waals surface area contributed by atoms with Crippen molar-refractivity contribution < 1.29 is 0 Å². The molecule has 24 heavy (non-hydrogen) atoms. The summed E-state index contributed by atoms with van der Waals surface area (Å²) < 4.78 is 4.94. The Morgan fingerprint density at radius 3 is 1.92 bits per heavy atom. The van der Waals surface area contributed by atoms with Gasteiger partial charge in [0.25, 0.3) is 0 Å². The van der Waals surface area contributed by atoms with E-state index in [1.807, 2.05) is 12.1 Å². The van der Waals surface area contributed by atoms with Crippen LogP contribution in [-0.4, -0.2) is 33.2 Å². The summed E-state index contributed by atoms with van der Waals surface area (Å²) in [6.07, 6.45) is 17.0. The molecule has 4 heteroatoms. The molecule has 0 radical (unpaired) electrons. The van der Waals surface area contributed by atoms with Crippen molar-refractivity contribution in [3.8, 4) is 0 Å². The van der Waals surface area contributed by atoms with E-state index in [2.05, 4.69) is 52.5 Å². The number of rotatable bonds is 12. The fourth-order valence-corrected chi connectivity index (χ4v) is 22.2. The number of unbranched alkanes of at least 4 members (excludes halogenated alkanes) is 3. The third-order valence-electron chi connectivity index (χ3n) is 4.39. The number of nitrogens with zero attached hydrogens (tertiary/aromatic N) is 2. The van der Waals surface area contributed by atoms with Crippen molar-refractivity contribution in [3.63, 3.8) is 0 Å². The van der Waals surface area contributed by atoms with Gasteiger partial charge in [-0.05, 0) is 6.07 Å². The maximum absolute atomic E-state index is 3.99. The van der Waals surface area contributed by atoms with Gasteiger partial charge in [-0.2, -0.15) is 0 Å². The van der Waals surface area contributed by atoms with Gasteiger partial charge in [0, 0.05) is 18.3 Å². The quantitative estimate of drug-likeness (QED) is 0.252. The summed E-state index contributed by atoms with van der Waals surface area (Å²) in [6.45, 7) is 10.6. The second kappa shape index (κ2) is 16.4. The van der Waals surface area contributed by atoms with Crippen molar-refractivity contribution in [1.82, 2.24) is 9.97 Å². The monoisotopic (exact) mass is 458 g/mol. The molecule has 1 aromatic rings. The van der Waals surface area contributed by atoms with Gasteiger partial charge in [-0.3, -0.25) is 0 Å². The second-order valence-electron chi connectivity index (χ2n) is 6.39. The van der Waals surface area contributed by atoms with Crippen LogP contribution in [0.15, 0.2) is 31.2 Å². The molecule has 0 N–H and O–H groups in total. The molecule has 138 valence electrons. The zero-order chi connectivity index (χ0) is 18.1. The summed E-state index contributed by atoms with van der Waals surface area (Å²) in [4.78, 5) is 7.77. The van der Waals surface area contributed by atoms with Crippen LogP contribution < -0.4 is 0 Å². The maximum atomic E-state index is 3.99. The van der Waals surface area contributed by atoms with Gasteiger partial charge in [0.15, 0.2) is 0 Å².